The number of aliphatic hydroxyl groups is 1. The summed E-state index contributed by atoms with van der Waals surface area (Å²) in [6.45, 7) is 13.1. The molecule has 26 heteroatoms. The molecule has 0 unspecified atom stereocenters. The number of β-lactam (4-membered cyclic amide) rings is 1. The van der Waals surface area contributed by atoms with Crippen molar-refractivity contribution in [2.45, 2.75) is 111 Å². The number of carbonyl (C=O) groups excluding carboxylic acids is 5. The van der Waals surface area contributed by atoms with Gasteiger partial charge in [-0.25, -0.2) is 33.9 Å². The lowest BCUT2D eigenvalue weighted by atomic mass is 10.1. The first kappa shape index (κ1) is 53.6. The highest BCUT2D eigenvalue weighted by Gasteiger charge is 2.44. The minimum absolute atomic E-state index is 0.0206. The van der Waals surface area contributed by atoms with Crippen LogP contribution >= 0.6 is 11.3 Å². The van der Waals surface area contributed by atoms with Gasteiger partial charge in [0, 0.05) is 11.4 Å². The highest BCUT2D eigenvalue weighted by molar-refractivity contribution is 7.88. The number of thiazole rings is 1. The number of benzene rings is 2. The van der Waals surface area contributed by atoms with Gasteiger partial charge in [-0.2, -0.15) is 8.42 Å². The maximum absolute atomic E-state index is 13.8. The Kier molecular flexibility index (Phi) is 16.2. The number of imide groups is 1. The highest BCUT2D eigenvalue weighted by atomic mass is 32.2. The Morgan fingerprint density at radius 2 is 1.49 bits per heavy atom. The van der Waals surface area contributed by atoms with Gasteiger partial charge in [0.25, 0.3) is 11.8 Å². The van der Waals surface area contributed by atoms with Gasteiger partial charge < -0.3 is 34.2 Å². The fourth-order valence-electron chi connectivity index (χ4n) is 6.18. The number of nitrogens with zero attached hydrogens (tertiary/aromatic N) is 7. The van der Waals surface area contributed by atoms with Crippen molar-refractivity contribution in [2.24, 2.45) is 5.16 Å². The minimum atomic E-state index is -5.22. The fraction of sp³-hybridized carbons (Fsp3) is 0.391. The number of hydrogen-bond acceptors (Lipinski definition) is 19. The SMILES string of the molecule is C[C@H](O)Cn1c(-c2cc(OCc3ccccc3)c(OCc3ccccc3)cn2)nn(S(=O)(=O)NC(=O)N2C[C@H](NC(=O)/C(=N\OC(C)(C)C(=O)OC(C)(C)C)c3csc(NC(=O)OC(C)(C)C)n3)C2=O)c1=O. The molecule has 1 fully saturated rings. The van der Waals surface area contributed by atoms with E-state index in [0.717, 1.165) is 27.0 Å². The molecule has 0 radical (unpaired) electrons. The summed E-state index contributed by atoms with van der Waals surface area (Å²) >= 11 is 0.878. The number of oxime groups is 1. The summed E-state index contributed by atoms with van der Waals surface area (Å²) in [5.41, 5.74) is -3.99. The summed E-state index contributed by atoms with van der Waals surface area (Å²) in [5, 5.41) is 24.4. The first-order valence-corrected chi connectivity index (χ1v) is 24.4. The van der Waals surface area contributed by atoms with Crippen LogP contribution in [0.5, 0.6) is 11.5 Å². The molecule has 384 valence electrons. The zero-order valence-electron chi connectivity index (χ0n) is 40.7. The molecular formula is C46H54N10O14S2. The Bertz CT molecular complexity index is 3010. The second-order valence-corrected chi connectivity index (χ2v) is 20.9. The quantitative estimate of drug-likeness (QED) is 0.0415. The Morgan fingerprint density at radius 3 is 2.06 bits per heavy atom. The monoisotopic (exact) mass is 1030 g/mol. The van der Waals surface area contributed by atoms with Gasteiger partial charge in [-0.05, 0) is 73.4 Å². The van der Waals surface area contributed by atoms with E-state index in [1.165, 1.54) is 38.4 Å². The molecule has 24 nitrogen and oxygen atoms in total. The molecule has 4 heterocycles. The molecule has 5 amide bonds. The van der Waals surface area contributed by atoms with Crippen LogP contribution in [0.2, 0.25) is 0 Å². The van der Waals surface area contributed by atoms with Gasteiger partial charge >= 0.3 is 34.0 Å². The van der Waals surface area contributed by atoms with Crippen LogP contribution in [0.15, 0.2) is 88.3 Å². The van der Waals surface area contributed by atoms with Crippen molar-refractivity contribution < 1.29 is 61.3 Å². The third-order valence-corrected chi connectivity index (χ3v) is 11.5. The van der Waals surface area contributed by atoms with Gasteiger partial charge in [-0.15, -0.1) is 16.4 Å². The number of pyridine rings is 1. The van der Waals surface area contributed by atoms with Crippen molar-refractivity contribution >= 4 is 62.3 Å². The van der Waals surface area contributed by atoms with E-state index in [-0.39, 0.29) is 51.1 Å². The maximum Gasteiger partial charge on any atom is 0.413 e. The second-order valence-electron chi connectivity index (χ2n) is 18.6. The predicted octanol–water partition coefficient (Wildman–Crippen LogP) is 4.12. The first-order chi connectivity index (χ1) is 33.7. The zero-order chi connectivity index (χ0) is 52.8. The molecule has 0 bridgehead atoms. The topological polar surface area (TPSA) is 303 Å². The number of anilines is 1. The molecule has 1 aliphatic rings. The number of ether oxygens (including phenoxy) is 4. The van der Waals surface area contributed by atoms with Crippen LogP contribution in [0, 0.1) is 0 Å². The van der Waals surface area contributed by atoms with E-state index in [1.807, 2.05) is 60.7 Å². The van der Waals surface area contributed by atoms with Crippen molar-refractivity contribution in [3.63, 3.8) is 0 Å². The molecule has 72 heavy (non-hydrogen) atoms. The lowest BCUT2D eigenvalue weighted by Gasteiger charge is -2.36. The average molecular weight is 1040 g/mol. The summed E-state index contributed by atoms with van der Waals surface area (Å²) in [4.78, 5) is 94.2. The lowest BCUT2D eigenvalue weighted by Crippen LogP contribution is -2.68. The van der Waals surface area contributed by atoms with Gasteiger partial charge in [-0.3, -0.25) is 24.4 Å². The largest absolute Gasteiger partial charge is 0.485 e. The minimum Gasteiger partial charge on any atom is -0.485 e. The summed E-state index contributed by atoms with van der Waals surface area (Å²) in [6, 6.07) is 16.9. The Balaban J connectivity index is 1.20. The number of esters is 1. The number of urea groups is 1. The number of carbonyl (C=O) groups is 5. The predicted molar refractivity (Wildman–Crippen MR) is 259 cm³/mol. The van der Waals surface area contributed by atoms with E-state index in [0.29, 0.717) is 4.90 Å². The van der Waals surface area contributed by atoms with Crippen LogP contribution in [0.4, 0.5) is 14.7 Å². The standard InChI is InChI=1S/C46H54N10O14S2/c1-27(57)22-54-36(30-20-33(66-24-28-16-12-10-13-17-28)34(21-47-30)67-25-29-18-14-11-15-19-29)51-56(43(54)63)72(64,65)53-41(61)55-23-31(38(55)59)48-37(58)35(52-70-46(8,9)39(60)68-44(2,3)4)32-26-71-40(49-32)50-42(62)69-45(5,6)7/h10-21,26-27,31,57H,22-25H2,1-9H3,(H,48,58)(H,53,61)(H,49,50,62)/b52-35-/t27-,31-/m0/s1. The van der Waals surface area contributed by atoms with Crippen molar-refractivity contribution in [3.05, 3.63) is 106 Å². The third kappa shape index (κ3) is 14.0. The van der Waals surface area contributed by atoms with Gasteiger partial charge in [0.1, 0.15) is 41.8 Å². The molecule has 1 saturated heterocycles. The van der Waals surface area contributed by atoms with Gasteiger partial charge in [-0.1, -0.05) is 69.9 Å². The summed E-state index contributed by atoms with van der Waals surface area (Å²) in [6.07, 6.45) is -0.746. The third-order valence-electron chi connectivity index (χ3n) is 9.57. The van der Waals surface area contributed by atoms with Crippen LogP contribution in [0.3, 0.4) is 0 Å². The van der Waals surface area contributed by atoms with Crippen molar-refractivity contribution in [1.29, 1.82) is 0 Å². The molecular weight excluding hydrogens is 981 g/mol. The lowest BCUT2D eigenvalue weighted by molar-refractivity contribution is -0.179. The Labute approximate surface area is 417 Å². The van der Waals surface area contributed by atoms with E-state index in [4.69, 9.17) is 23.8 Å². The molecule has 0 aliphatic carbocycles. The number of hydrogen-bond donors (Lipinski definition) is 4. The number of likely N-dealkylation sites (tertiary alicyclic amines) is 1. The van der Waals surface area contributed by atoms with Crippen LogP contribution in [-0.2, 0) is 58.7 Å². The maximum atomic E-state index is 13.8. The van der Waals surface area contributed by atoms with Gasteiger partial charge in [0.05, 0.1) is 25.4 Å². The molecule has 5 aromatic rings. The number of amides is 5. The van der Waals surface area contributed by atoms with Gasteiger partial charge in [0.2, 0.25) is 5.60 Å². The second kappa shape index (κ2) is 21.7. The average Bonchev–Trinajstić information content (AvgIpc) is 3.88. The van der Waals surface area contributed by atoms with Crippen molar-refractivity contribution in [2.75, 3.05) is 11.9 Å². The molecule has 2 atom stereocenters. The van der Waals surface area contributed by atoms with Crippen molar-refractivity contribution in [1.82, 2.24) is 38.7 Å². The molecule has 4 N–H and O–H groups in total. The van der Waals surface area contributed by atoms with Crippen LogP contribution in [0.25, 0.3) is 11.5 Å². The van der Waals surface area contributed by atoms with Gasteiger partial charge in [0.15, 0.2) is 28.2 Å². The summed E-state index contributed by atoms with van der Waals surface area (Å²) in [5.74, 6) is -2.98. The van der Waals surface area contributed by atoms with E-state index >= 15 is 0 Å². The Hall–Kier alpha value is -7.71. The molecule has 2 aromatic carbocycles. The van der Waals surface area contributed by atoms with E-state index in [2.05, 4.69) is 30.9 Å². The molecule has 3 aromatic heterocycles. The summed E-state index contributed by atoms with van der Waals surface area (Å²) < 4.78 is 52.7. The van der Waals surface area contributed by atoms with Crippen molar-refractivity contribution in [3.8, 4) is 23.0 Å². The van der Waals surface area contributed by atoms with E-state index in [1.54, 1.807) is 46.3 Å². The van der Waals surface area contributed by atoms with Crippen LogP contribution < -0.4 is 30.5 Å². The fourth-order valence-corrected chi connectivity index (χ4v) is 7.76. The van der Waals surface area contributed by atoms with Crippen LogP contribution in [-0.4, -0.2) is 113 Å². The number of aliphatic hydroxyl groups excluding tert-OH is 1. The molecule has 0 saturated carbocycles. The molecule has 0 spiro atoms. The Morgan fingerprint density at radius 1 is 0.889 bits per heavy atom. The zero-order valence-corrected chi connectivity index (χ0v) is 42.3. The number of nitrogens with one attached hydrogen (secondary N) is 3. The van der Waals surface area contributed by atoms with Crippen LogP contribution in [0.1, 0.15) is 79.1 Å². The molecule has 6 rings (SSSR count). The van der Waals surface area contributed by atoms with E-state index in [9.17, 15) is 42.3 Å². The summed E-state index contributed by atoms with van der Waals surface area (Å²) in [7, 11) is -5.22. The smallest absolute Gasteiger partial charge is 0.413 e. The van der Waals surface area contributed by atoms with E-state index < -0.39 is 93.6 Å². The molecule has 1 aliphatic heterocycles. The number of rotatable bonds is 18. The first-order valence-electron chi connectivity index (χ1n) is 22.1. The number of aromatic nitrogens is 5. The highest BCUT2D eigenvalue weighted by Crippen LogP contribution is 2.32. The normalized spacial score (nSPS) is 14.6.